The summed E-state index contributed by atoms with van der Waals surface area (Å²) in [6, 6.07) is 15.6. The standard InChI is InChI=1S/C17H16N2O2/c1-13-4-3-5-14(10-13)19-12-17(11-18-19)21-16-8-6-15(20-2)7-9-16/h3-12H,1-2H3. The van der Waals surface area contributed by atoms with Gasteiger partial charge < -0.3 is 9.47 Å². The number of hydrogen-bond donors (Lipinski definition) is 0. The molecule has 21 heavy (non-hydrogen) atoms. The SMILES string of the molecule is COc1ccc(Oc2cnn(-c3cccc(C)c3)c2)cc1. The summed E-state index contributed by atoms with van der Waals surface area (Å²) in [5, 5.41) is 4.32. The van der Waals surface area contributed by atoms with Crippen molar-refractivity contribution in [3.05, 3.63) is 66.5 Å². The van der Waals surface area contributed by atoms with E-state index in [1.165, 1.54) is 5.56 Å². The van der Waals surface area contributed by atoms with E-state index in [9.17, 15) is 0 Å². The van der Waals surface area contributed by atoms with Gasteiger partial charge in [0.1, 0.15) is 11.5 Å². The lowest BCUT2D eigenvalue weighted by molar-refractivity contribution is 0.413. The summed E-state index contributed by atoms with van der Waals surface area (Å²) in [6.07, 6.45) is 3.56. The Bertz CT molecular complexity index is 733. The first-order valence-electron chi connectivity index (χ1n) is 6.68. The van der Waals surface area contributed by atoms with Crippen molar-refractivity contribution in [2.75, 3.05) is 7.11 Å². The zero-order chi connectivity index (χ0) is 14.7. The molecule has 0 spiro atoms. The van der Waals surface area contributed by atoms with Crippen molar-refractivity contribution in [1.29, 1.82) is 0 Å². The summed E-state index contributed by atoms with van der Waals surface area (Å²) >= 11 is 0. The van der Waals surface area contributed by atoms with Gasteiger partial charge in [0.25, 0.3) is 0 Å². The molecule has 3 aromatic rings. The molecule has 4 heteroatoms. The fraction of sp³-hybridized carbons (Fsp3) is 0.118. The number of aromatic nitrogens is 2. The molecule has 0 unspecified atom stereocenters. The predicted octanol–water partition coefficient (Wildman–Crippen LogP) is 3.98. The fourth-order valence-electron chi connectivity index (χ4n) is 2.05. The largest absolute Gasteiger partial charge is 0.497 e. The molecule has 0 aliphatic heterocycles. The summed E-state index contributed by atoms with van der Waals surface area (Å²) < 4.78 is 12.7. The van der Waals surface area contributed by atoms with Crippen LogP contribution in [0.4, 0.5) is 0 Å². The number of nitrogens with zero attached hydrogens (tertiary/aromatic N) is 2. The predicted molar refractivity (Wildman–Crippen MR) is 81.4 cm³/mol. The van der Waals surface area contributed by atoms with Crippen molar-refractivity contribution < 1.29 is 9.47 Å². The highest BCUT2D eigenvalue weighted by molar-refractivity contribution is 5.38. The van der Waals surface area contributed by atoms with E-state index in [0.29, 0.717) is 5.75 Å². The Labute approximate surface area is 123 Å². The highest BCUT2D eigenvalue weighted by atomic mass is 16.5. The third-order valence-corrected chi connectivity index (χ3v) is 3.12. The zero-order valence-electron chi connectivity index (χ0n) is 12.0. The van der Waals surface area contributed by atoms with Gasteiger partial charge in [-0.05, 0) is 48.9 Å². The molecule has 0 saturated carbocycles. The maximum atomic E-state index is 5.77. The molecule has 0 radical (unpaired) electrons. The molecule has 0 amide bonds. The molecule has 1 heterocycles. The third kappa shape index (κ3) is 3.05. The molecular formula is C17H16N2O2. The molecular weight excluding hydrogens is 264 g/mol. The van der Waals surface area contributed by atoms with Gasteiger partial charge in [0, 0.05) is 0 Å². The number of aryl methyl sites for hydroxylation is 1. The lowest BCUT2D eigenvalue weighted by Gasteiger charge is -2.04. The highest BCUT2D eigenvalue weighted by Gasteiger charge is 2.03. The lowest BCUT2D eigenvalue weighted by Crippen LogP contribution is -1.93. The van der Waals surface area contributed by atoms with Crippen molar-refractivity contribution in [3.8, 4) is 22.9 Å². The number of hydrogen-bond acceptors (Lipinski definition) is 3. The quantitative estimate of drug-likeness (QED) is 0.725. The van der Waals surface area contributed by atoms with Gasteiger partial charge in [-0.3, -0.25) is 0 Å². The molecule has 0 N–H and O–H groups in total. The molecule has 0 atom stereocenters. The van der Waals surface area contributed by atoms with Crippen LogP contribution in [0.2, 0.25) is 0 Å². The topological polar surface area (TPSA) is 36.3 Å². The second-order valence-electron chi connectivity index (χ2n) is 4.74. The average molecular weight is 280 g/mol. The van der Waals surface area contributed by atoms with E-state index in [-0.39, 0.29) is 0 Å². The van der Waals surface area contributed by atoms with Gasteiger partial charge in [0.05, 0.1) is 25.2 Å². The highest BCUT2D eigenvalue weighted by Crippen LogP contribution is 2.24. The molecule has 0 saturated heterocycles. The van der Waals surface area contributed by atoms with Gasteiger partial charge in [-0.1, -0.05) is 12.1 Å². The monoisotopic (exact) mass is 280 g/mol. The molecule has 4 nitrogen and oxygen atoms in total. The lowest BCUT2D eigenvalue weighted by atomic mass is 10.2. The minimum atomic E-state index is 0.696. The van der Waals surface area contributed by atoms with Crippen molar-refractivity contribution in [1.82, 2.24) is 9.78 Å². The van der Waals surface area contributed by atoms with Crippen molar-refractivity contribution in [2.24, 2.45) is 0 Å². The van der Waals surface area contributed by atoms with Crippen LogP contribution in [0.25, 0.3) is 5.69 Å². The first kappa shape index (κ1) is 13.2. The first-order valence-corrected chi connectivity index (χ1v) is 6.68. The number of methoxy groups -OCH3 is 1. The summed E-state index contributed by atoms with van der Waals surface area (Å²) in [5.74, 6) is 2.25. The minimum absolute atomic E-state index is 0.696. The van der Waals surface area contributed by atoms with E-state index in [1.54, 1.807) is 18.0 Å². The smallest absolute Gasteiger partial charge is 0.165 e. The first-order chi connectivity index (χ1) is 10.2. The van der Waals surface area contributed by atoms with Crippen molar-refractivity contribution >= 4 is 0 Å². The van der Waals surface area contributed by atoms with Crippen LogP contribution < -0.4 is 9.47 Å². The summed E-state index contributed by atoms with van der Waals surface area (Å²) in [4.78, 5) is 0. The van der Waals surface area contributed by atoms with E-state index in [0.717, 1.165) is 17.2 Å². The molecule has 0 bridgehead atoms. The van der Waals surface area contributed by atoms with Gasteiger partial charge in [-0.25, -0.2) is 4.68 Å². The van der Waals surface area contributed by atoms with Gasteiger partial charge in [0.15, 0.2) is 5.75 Å². The van der Waals surface area contributed by atoms with Crippen LogP contribution in [-0.2, 0) is 0 Å². The average Bonchev–Trinajstić information content (AvgIpc) is 2.97. The minimum Gasteiger partial charge on any atom is -0.497 e. The zero-order valence-corrected chi connectivity index (χ0v) is 12.0. The van der Waals surface area contributed by atoms with Crippen LogP contribution in [0.3, 0.4) is 0 Å². The number of ether oxygens (including phenoxy) is 2. The molecule has 106 valence electrons. The van der Waals surface area contributed by atoms with Crippen LogP contribution >= 0.6 is 0 Å². The van der Waals surface area contributed by atoms with E-state index < -0.39 is 0 Å². The van der Waals surface area contributed by atoms with Crippen LogP contribution in [0.1, 0.15) is 5.56 Å². The second-order valence-corrected chi connectivity index (χ2v) is 4.74. The van der Waals surface area contributed by atoms with Crippen molar-refractivity contribution in [2.45, 2.75) is 6.92 Å². The maximum Gasteiger partial charge on any atom is 0.165 e. The Hall–Kier alpha value is -2.75. The Morgan fingerprint density at radius 1 is 0.952 bits per heavy atom. The van der Waals surface area contributed by atoms with Crippen molar-refractivity contribution in [3.63, 3.8) is 0 Å². The van der Waals surface area contributed by atoms with Gasteiger partial charge in [-0.15, -0.1) is 0 Å². The molecule has 0 aliphatic carbocycles. The Kier molecular flexibility index (Phi) is 3.60. The second kappa shape index (κ2) is 5.71. The molecule has 2 aromatic carbocycles. The normalized spacial score (nSPS) is 10.4. The van der Waals surface area contributed by atoms with Gasteiger partial charge >= 0.3 is 0 Å². The van der Waals surface area contributed by atoms with Gasteiger partial charge in [-0.2, -0.15) is 5.10 Å². The van der Waals surface area contributed by atoms with Crippen LogP contribution in [0.5, 0.6) is 17.2 Å². The van der Waals surface area contributed by atoms with Crippen LogP contribution in [0, 0.1) is 6.92 Å². The Morgan fingerprint density at radius 2 is 1.71 bits per heavy atom. The molecule has 0 fully saturated rings. The van der Waals surface area contributed by atoms with E-state index in [4.69, 9.17) is 9.47 Å². The summed E-state index contributed by atoms with van der Waals surface area (Å²) in [6.45, 7) is 2.06. The maximum absolute atomic E-state index is 5.77. The third-order valence-electron chi connectivity index (χ3n) is 3.12. The van der Waals surface area contributed by atoms with Crippen LogP contribution in [0.15, 0.2) is 60.9 Å². The summed E-state index contributed by atoms with van der Waals surface area (Å²) in [5.41, 5.74) is 2.21. The molecule has 1 aromatic heterocycles. The number of rotatable bonds is 4. The molecule has 3 rings (SSSR count). The Balaban J connectivity index is 1.78. The summed E-state index contributed by atoms with van der Waals surface area (Å²) in [7, 11) is 1.64. The number of benzene rings is 2. The van der Waals surface area contributed by atoms with Crippen LogP contribution in [-0.4, -0.2) is 16.9 Å². The Morgan fingerprint density at radius 3 is 2.43 bits per heavy atom. The van der Waals surface area contributed by atoms with E-state index >= 15 is 0 Å². The van der Waals surface area contributed by atoms with Gasteiger partial charge in [0.2, 0.25) is 0 Å². The van der Waals surface area contributed by atoms with E-state index in [1.807, 2.05) is 42.6 Å². The fourth-order valence-corrected chi connectivity index (χ4v) is 2.05. The van der Waals surface area contributed by atoms with E-state index in [2.05, 4.69) is 24.2 Å². The molecule has 0 aliphatic rings.